The molecule has 0 atom stereocenters. The van der Waals surface area contributed by atoms with Gasteiger partial charge in [0.25, 0.3) is 5.56 Å². The number of hydrogen-bond acceptors (Lipinski definition) is 6. The zero-order valence-corrected chi connectivity index (χ0v) is 16.3. The molecule has 28 heavy (non-hydrogen) atoms. The Bertz CT molecular complexity index is 1020. The monoisotopic (exact) mass is 379 g/mol. The first kappa shape index (κ1) is 18.4. The maximum absolute atomic E-state index is 11.9. The third kappa shape index (κ3) is 3.84. The molecule has 0 saturated carbocycles. The van der Waals surface area contributed by atoms with Crippen molar-refractivity contribution in [1.82, 2.24) is 19.7 Å². The number of nitrogens with zero attached hydrogens (tertiary/aromatic N) is 5. The Balaban J connectivity index is 1.42. The number of hydrogen-bond donors (Lipinski definition) is 0. The van der Waals surface area contributed by atoms with Crippen molar-refractivity contribution in [3.63, 3.8) is 0 Å². The van der Waals surface area contributed by atoms with Crippen molar-refractivity contribution >= 4 is 16.6 Å². The Morgan fingerprint density at radius 3 is 2.64 bits per heavy atom. The van der Waals surface area contributed by atoms with E-state index in [1.165, 1.54) is 5.69 Å². The smallest absolute Gasteiger partial charge is 0.266 e. The molecular weight excluding hydrogens is 354 g/mol. The minimum atomic E-state index is -0.0403. The molecule has 1 fully saturated rings. The van der Waals surface area contributed by atoms with Gasteiger partial charge in [-0.05, 0) is 37.3 Å². The van der Waals surface area contributed by atoms with Crippen LogP contribution in [0.3, 0.4) is 0 Å². The standard InChI is InChI=1S/C21H25N5O2/c1-16-3-6-21(27)26(23-16)14-11-24-9-12-25(13-10-24)20-7-8-22-19-5-4-17(28-2)15-18(19)20/h3-8,15H,9-14H2,1-2H3. The van der Waals surface area contributed by atoms with Gasteiger partial charge in [0.2, 0.25) is 0 Å². The average Bonchev–Trinajstić information content (AvgIpc) is 2.74. The van der Waals surface area contributed by atoms with Gasteiger partial charge in [0.15, 0.2) is 0 Å². The topological polar surface area (TPSA) is 63.5 Å². The number of methoxy groups -OCH3 is 1. The summed E-state index contributed by atoms with van der Waals surface area (Å²) in [6, 6.07) is 11.4. The summed E-state index contributed by atoms with van der Waals surface area (Å²) in [4.78, 5) is 21.2. The maximum Gasteiger partial charge on any atom is 0.266 e. The van der Waals surface area contributed by atoms with E-state index in [1.54, 1.807) is 23.9 Å². The molecule has 0 amide bonds. The van der Waals surface area contributed by atoms with Gasteiger partial charge in [0.05, 0.1) is 24.9 Å². The van der Waals surface area contributed by atoms with Gasteiger partial charge in [-0.2, -0.15) is 5.10 Å². The van der Waals surface area contributed by atoms with E-state index in [2.05, 4.69) is 32.0 Å². The molecule has 1 saturated heterocycles. The minimum Gasteiger partial charge on any atom is -0.497 e. The second-order valence-corrected chi connectivity index (χ2v) is 7.08. The summed E-state index contributed by atoms with van der Waals surface area (Å²) in [6.45, 7) is 7.13. The van der Waals surface area contributed by atoms with Gasteiger partial charge in [-0.1, -0.05) is 0 Å². The van der Waals surface area contributed by atoms with Gasteiger partial charge in [-0.15, -0.1) is 0 Å². The number of anilines is 1. The SMILES string of the molecule is COc1ccc2nccc(N3CCN(CCn4nc(C)ccc4=O)CC3)c2c1. The first-order valence-corrected chi connectivity index (χ1v) is 9.59. The molecule has 146 valence electrons. The maximum atomic E-state index is 11.9. The summed E-state index contributed by atoms with van der Waals surface area (Å²) >= 11 is 0. The van der Waals surface area contributed by atoms with Gasteiger partial charge >= 0.3 is 0 Å². The van der Waals surface area contributed by atoms with Crippen LogP contribution in [-0.4, -0.2) is 59.5 Å². The van der Waals surface area contributed by atoms with E-state index in [4.69, 9.17) is 4.74 Å². The Morgan fingerprint density at radius 2 is 1.86 bits per heavy atom. The number of rotatable bonds is 5. The molecule has 3 aromatic rings. The number of benzene rings is 1. The van der Waals surface area contributed by atoms with Gasteiger partial charge < -0.3 is 9.64 Å². The van der Waals surface area contributed by atoms with Crippen LogP contribution in [0.15, 0.2) is 47.4 Å². The molecular formula is C21H25N5O2. The fourth-order valence-electron chi connectivity index (χ4n) is 3.67. The Hall–Kier alpha value is -2.93. The summed E-state index contributed by atoms with van der Waals surface area (Å²) in [5, 5.41) is 5.43. The lowest BCUT2D eigenvalue weighted by atomic mass is 10.1. The number of aromatic nitrogens is 3. The number of piperazine rings is 1. The summed E-state index contributed by atoms with van der Waals surface area (Å²) in [5.41, 5.74) is 3.00. The van der Waals surface area contributed by atoms with E-state index in [9.17, 15) is 4.79 Å². The summed E-state index contributed by atoms with van der Waals surface area (Å²) in [5.74, 6) is 0.844. The second kappa shape index (κ2) is 7.98. The molecule has 3 heterocycles. The summed E-state index contributed by atoms with van der Waals surface area (Å²) in [7, 11) is 1.68. The zero-order valence-electron chi connectivity index (χ0n) is 16.3. The number of fused-ring (bicyclic) bond motifs is 1. The zero-order chi connectivity index (χ0) is 19.5. The molecule has 1 aliphatic heterocycles. The fraction of sp³-hybridized carbons (Fsp3) is 0.381. The van der Waals surface area contributed by atoms with Gasteiger partial charge in [0, 0.05) is 56.1 Å². The average molecular weight is 379 g/mol. The van der Waals surface area contributed by atoms with Crippen LogP contribution in [-0.2, 0) is 6.54 Å². The normalized spacial score (nSPS) is 15.1. The molecule has 4 rings (SSSR count). The van der Waals surface area contributed by atoms with Crippen LogP contribution < -0.4 is 15.2 Å². The predicted molar refractivity (Wildman–Crippen MR) is 110 cm³/mol. The van der Waals surface area contributed by atoms with E-state index >= 15 is 0 Å². The van der Waals surface area contributed by atoms with Crippen molar-refractivity contribution in [2.24, 2.45) is 0 Å². The third-order valence-corrected chi connectivity index (χ3v) is 5.27. The van der Waals surface area contributed by atoms with Gasteiger partial charge in [-0.25, -0.2) is 4.68 Å². The van der Waals surface area contributed by atoms with Crippen LogP contribution in [0, 0.1) is 6.92 Å². The van der Waals surface area contributed by atoms with Gasteiger partial charge in [0.1, 0.15) is 5.75 Å². The molecule has 0 aliphatic carbocycles. The molecule has 1 aromatic carbocycles. The van der Waals surface area contributed by atoms with Crippen LogP contribution in [0.25, 0.3) is 10.9 Å². The first-order chi connectivity index (χ1) is 13.6. The van der Waals surface area contributed by atoms with E-state index in [0.717, 1.165) is 55.1 Å². The van der Waals surface area contributed by atoms with Crippen LogP contribution >= 0.6 is 0 Å². The Labute approximate surface area is 164 Å². The predicted octanol–water partition coefficient (Wildman–Crippen LogP) is 1.93. The molecule has 7 heteroatoms. The Morgan fingerprint density at radius 1 is 1.04 bits per heavy atom. The molecule has 2 aromatic heterocycles. The van der Waals surface area contributed by atoms with E-state index < -0.39 is 0 Å². The molecule has 0 bridgehead atoms. The van der Waals surface area contributed by atoms with Crippen molar-refractivity contribution in [2.45, 2.75) is 13.5 Å². The molecule has 7 nitrogen and oxygen atoms in total. The molecule has 0 radical (unpaired) electrons. The van der Waals surface area contributed by atoms with E-state index in [0.29, 0.717) is 6.54 Å². The lowest BCUT2D eigenvalue weighted by molar-refractivity contribution is 0.242. The highest BCUT2D eigenvalue weighted by Crippen LogP contribution is 2.29. The molecule has 0 spiro atoms. The highest BCUT2D eigenvalue weighted by molar-refractivity contribution is 5.92. The largest absolute Gasteiger partial charge is 0.497 e. The number of aryl methyl sites for hydroxylation is 1. The summed E-state index contributed by atoms with van der Waals surface area (Å²) < 4.78 is 6.95. The highest BCUT2D eigenvalue weighted by atomic mass is 16.5. The fourth-order valence-corrected chi connectivity index (χ4v) is 3.67. The lowest BCUT2D eigenvalue weighted by Crippen LogP contribution is -2.47. The second-order valence-electron chi connectivity index (χ2n) is 7.08. The Kier molecular flexibility index (Phi) is 5.25. The summed E-state index contributed by atoms with van der Waals surface area (Å²) in [6.07, 6.45) is 1.87. The van der Waals surface area contributed by atoms with E-state index in [-0.39, 0.29) is 5.56 Å². The minimum absolute atomic E-state index is 0.0403. The van der Waals surface area contributed by atoms with Gasteiger partial charge in [-0.3, -0.25) is 14.7 Å². The van der Waals surface area contributed by atoms with Crippen molar-refractivity contribution in [1.29, 1.82) is 0 Å². The molecule has 0 unspecified atom stereocenters. The number of ether oxygens (including phenoxy) is 1. The third-order valence-electron chi connectivity index (χ3n) is 5.27. The van der Waals surface area contributed by atoms with Crippen LogP contribution in [0.4, 0.5) is 5.69 Å². The van der Waals surface area contributed by atoms with Crippen LogP contribution in [0.5, 0.6) is 5.75 Å². The highest BCUT2D eigenvalue weighted by Gasteiger charge is 2.19. The van der Waals surface area contributed by atoms with Crippen molar-refractivity contribution in [3.05, 3.63) is 58.6 Å². The van der Waals surface area contributed by atoms with Crippen molar-refractivity contribution in [3.8, 4) is 5.75 Å². The van der Waals surface area contributed by atoms with E-state index in [1.807, 2.05) is 25.3 Å². The van der Waals surface area contributed by atoms with Crippen LogP contribution in [0.2, 0.25) is 0 Å². The van der Waals surface area contributed by atoms with Crippen molar-refractivity contribution < 1.29 is 4.74 Å². The first-order valence-electron chi connectivity index (χ1n) is 9.59. The van der Waals surface area contributed by atoms with Crippen molar-refractivity contribution in [2.75, 3.05) is 44.7 Å². The van der Waals surface area contributed by atoms with Crippen LogP contribution in [0.1, 0.15) is 5.69 Å². The molecule has 1 aliphatic rings. The number of pyridine rings is 1. The lowest BCUT2D eigenvalue weighted by Gasteiger charge is -2.36. The quantitative estimate of drug-likeness (QED) is 0.675. The molecule has 0 N–H and O–H groups in total.